The van der Waals surface area contributed by atoms with Crippen molar-refractivity contribution in [1.82, 2.24) is 10.1 Å². The first-order chi connectivity index (χ1) is 9.02. The SMILES string of the molecule is CCC(N)Cc1noc(-c2ccc(F)c(F)c2F)n1. The average Bonchev–Trinajstić information content (AvgIpc) is 2.84. The fourth-order valence-corrected chi connectivity index (χ4v) is 1.52. The van der Waals surface area contributed by atoms with Gasteiger partial charge in [-0.15, -0.1) is 0 Å². The van der Waals surface area contributed by atoms with Crippen molar-refractivity contribution < 1.29 is 17.7 Å². The van der Waals surface area contributed by atoms with Crippen molar-refractivity contribution in [2.75, 3.05) is 0 Å². The van der Waals surface area contributed by atoms with E-state index in [0.29, 0.717) is 12.2 Å². The molecule has 1 heterocycles. The molecule has 0 saturated heterocycles. The largest absolute Gasteiger partial charge is 0.334 e. The fourth-order valence-electron chi connectivity index (χ4n) is 1.52. The van der Waals surface area contributed by atoms with E-state index in [1.807, 2.05) is 6.92 Å². The summed E-state index contributed by atoms with van der Waals surface area (Å²) in [7, 11) is 0. The number of rotatable bonds is 4. The smallest absolute Gasteiger partial charge is 0.261 e. The number of hydrogen-bond acceptors (Lipinski definition) is 4. The van der Waals surface area contributed by atoms with Gasteiger partial charge in [0, 0.05) is 12.5 Å². The summed E-state index contributed by atoms with van der Waals surface area (Å²) in [6.45, 7) is 1.90. The van der Waals surface area contributed by atoms with Crippen molar-refractivity contribution in [3.05, 3.63) is 35.4 Å². The molecule has 0 saturated carbocycles. The molecule has 0 fully saturated rings. The third-order valence-corrected chi connectivity index (χ3v) is 2.70. The normalized spacial score (nSPS) is 12.7. The Morgan fingerprint density at radius 2 is 2.00 bits per heavy atom. The van der Waals surface area contributed by atoms with E-state index in [-0.39, 0.29) is 17.5 Å². The summed E-state index contributed by atoms with van der Waals surface area (Å²) < 4.78 is 44.2. The molecule has 2 N–H and O–H groups in total. The third-order valence-electron chi connectivity index (χ3n) is 2.70. The third kappa shape index (κ3) is 2.76. The summed E-state index contributed by atoms with van der Waals surface area (Å²) >= 11 is 0. The van der Waals surface area contributed by atoms with E-state index in [9.17, 15) is 13.2 Å². The second kappa shape index (κ2) is 5.40. The number of halogens is 3. The van der Waals surface area contributed by atoms with Crippen LogP contribution in [0.1, 0.15) is 19.2 Å². The van der Waals surface area contributed by atoms with E-state index in [1.54, 1.807) is 0 Å². The molecule has 102 valence electrons. The van der Waals surface area contributed by atoms with Crippen LogP contribution in [0.5, 0.6) is 0 Å². The quantitative estimate of drug-likeness (QED) is 0.867. The van der Waals surface area contributed by atoms with Crippen LogP contribution < -0.4 is 5.73 Å². The highest BCUT2D eigenvalue weighted by Gasteiger charge is 2.19. The first-order valence-electron chi connectivity index (χ1n) is 5.75. The van der Waals surface area contributed by atoms with Gasteiger partial charge >= 0.3 is 0 Å². The van der Waals surface area contributed by atoms with Gasteiger partial charge in [-0.2, -0.15) is 4.98 Å². The minimum atomic E-state index is -1.57. The minimum Gasteiger partial charge on any atom is -0.334 e. The van der Waals surface area contributed by atoms with Gasteiger partial charge < -0.3 is 10.3 Å². The molecule has 0 aliphatic rings. The number of nitrogens with two attached hydrogens (primary N) is 1. The maximum Gasteiger partial charge on any atom is 0.261 e. The highest BCUT2D eigenvalue weighted by atomic mass is 19.2. The second-order valence-corrected chi connectivity index (χ2v) is 4.11. The Bertz CT molecular complexity index is 586. The summed E-state index contributed by atoms with van der Waals surface area (Å²) in [6.07, 6.45) is 1.09. The van der Waals surface area contributed by atoms with Crippen LogP contribution in [0.25, 0.3) is 11.5 Å². The number of aromatic nitrogens is 2. The van der Waals surface area contributed by atoms with Crippen LogP contribution >= 0.6 is 0 Å². The van der Waals surface area contributed by atoms with Gasteiger partial charge in [0.05, 0.1) is 5.56 Å². The Hall–Kier alpha value is -1.89. The monoisotopic (exact) mass is 271 g/mol. The molecular formula is C12H12F3N3O. The summed E-state index contributed by atoms with van der Waals surface area (Å²) in [4.78, 5) is 3.91. The molecule has 7 heteroatoms. The van der Waals surface area contributed by atoms with Gasteiger partial charge in [-0.1, -0.05) is 12.1 Å². The lowest BCUT2D eigenvalue weighted by molar-refractivity contribution is 0.411. The molecule has 0 aliphatic heterocycles. The van der Waals surface area contributed by atoms with E-state index >= 15 is 0 Å². The molecule has 0 radical (unpaired) electrons. The zero-order valence-electron chi connectivity index (χ0n) is 10.2. The Kier molecular flexibility index (Phi) is 3.84. The van der Waals surface area contributed by atoms with Crippen LogP contribution in [0.2, 0.25) is 0 Å². The summed E-state index contributed by atoms with van der Waals surface area (Å²) in [5.41, 5.74) is 5.45. The van der Waals surface area contributed by atoms with Crippen molar-refractivity contribution in [2.24, 2.45) is 5.73 Å². The highest BCUT2D eigenvalue weighted by molar-refractivity contribution is 5.53. The Morgan fingerprint density at radius 3 is 2.68 bits per heavy atom. The van der Waals surface area contributed by atoms with E-state index < -0.39 is 17.5 Å². The molecule has 1 aromatic heterocycles. The van der Waals surface area contributed by atoms with E-state index in [0.717, 1.165) is 18.6 Å². The first-order valence-corrected chi connectivity index (χ1v) is 5.75. The van der Waals surface area contributed by atoms with Crippen molar-refractivity contribution in [2.45, 2.75) is 25.8 Å². The van der Waals surface area contributed by atoms with Crippen LogP contribution in [-0.4, -0.2) is 16.2 Å². The summed E-state index contributed by atoms with van der Waals surface area (Å²) in [5.74, 6) is -4.09. The Labute approximate surface area is 107 Å². The zero-order chi connectivity index (χ0) is 14.0. The number of hydrogen-bond donors (Lipinski definition) is 1. The lowest BCUT2D eigenvalue weighted by Crippen LogP contribution is -2.21. The first kappa shape index (κ1) is 13.5. The second-order valence-electron chi connectivity index (χ2n) is 4.11. The molecule has 1 unspecified atom stereocenters. The van der Waals surface area contributed by atoms with Gasteiger partial charge in [-0.05, 0) is 18.6 Å². The predicted molar refractivity (Wildman–Crippen MR) is 61.6 cm³/mol. The molecule has 0 spiro atoms. The van der Waals surface area contributed by atoms with E-state index in [1.165, 1.54) is 0 Å². The van der Waals surface area contributed by atoms with Gasteiger partial charge in [-0.25, -0.2) is 13.2 Å². The molecule has 2 rings (SSSR count). The number of benzene rings is 1. The van der Waals surface area contributed by atoms with Crippen molar-refractivity contribution >= 4 is 0 Å². The number of nitrogens with zero attached hydrogens (tertiary/aromatic N) is 2. The fraction of sp³-hybridized carbons (Fsp3) is 0.333. The Balaban J connectivity index is 2.31. The van der Waals surface area contributed by atoms with E-state index in [2.05, 4.69) is 10.1 Å². The summed E-state index contributed by atoms with van der Waals surface area (Å²) in [6, 6.07) is 1.71. The molecule has 1 atom stereocenters. The van der Waals surface area contributed by atoms with Gasteiger partial charge in [-0.3, -0.25) is 0 Å². The maximum absolute atomic E-state index is 13.5. The zero-order valence-corrected chi connectivity index (χ0v) is 10.2. The van der Waals surface area contributed by atoms with Crippen molar-refractivity contribution in [1.29, 1.82) is 0 Å². The van der Waals surface area contributed by atoms with Gasteiger partial charge in [0.2, 0.25) is 0 Å². The molecule has 19 heavy (non-hydrogen) atoms. The van der Waals surface area contributed by atoms with Crippen LogP contribution in [0, 0.1) is 17.5 Å². The van der Waals surface area contributed by atoms with Crippen molar-refractivity contribution in [3.63, 3.8) is 0 Å². The lowest BCUT2D eigenvalue weighted by Gasteiger charge is -2.02. The van der Waals surface area contributed by atoms with Crippen LogP contribution in [0.3, 0.4) is 0 Å². The molecule has 0 amide bonds. The molecule has 1 aromatic carbocycles. The molecule has 4 nitrogen and oxygen atoms in total. The lowest BCUT2D eigenvalue weighted by atomic mass is 10.1. The van der Waals surface area contributed by atoms with Crippen LogP contribution in [0.15, 0.2) is 16.7 Å². The topological polar surface area (TPSA) is 64.9 Å². The molecular weight excluding hydrogens is 259 g/mol. The van der Waals surface area contributed by atoms with Crippen LogP contribution in [0.4, 0.5) is 13.2 Å². The Morgan fingerprint density at radius 1 is 1.26 bits per heavy atom. The highest BCUT2D eigenvalue weighted by Crippen LogP contribution is 2.24. The van der Waals surface area contributed by atoms with Crippen LogP contribution in [-0.2, 0) is 6.42 Å². The maximum atomic E-state index is 13.5. The molecule has 2 aromatic rings. The predicted octanol–water partition coefficient (Wildman–Crippen LogP) is 2.43. The standard InChI is InChI=1S/C12H12F3N3O/c1-2-6(16)5-9-17-12(19-18-9)7-3-4-8(13)11(15)10(7)14/h3-4,6H,2,5,16H2,1H3. The van der Waals surface area contributed by atoms with Crippen molar-refractivity contribution in [3.8, 4) is 11.5 Å². The van der Waals surface area contributed by atoms with E-state index in [4.69, 9.17) is 10.3 Å². The van der Waals surface area contributed by atoms with Gasteiger partial charge in [0.1, 0.15) is 0 Å². The molecule has 0 aliphatic carbocycles. The minimum absolute atomic E-state index is 0.139. The van der Waals surface area contributed by atoms with Gasteiger partial charge in [0.15, 0.2) is 23.3 Å². The van der Waals surface area contributed by atoms with Gasteiger partial charge in [0.25, 0.3) is 5.89 Å². The summed E-state index contributed by atoms with van der Waals surface area (Å²) in [5, 5.41) is 3.62. The average molecular weight is 271 g/mol. The molecule has 0 bridgehead atoms.